The zero-order valence-electron chi connectivity index (χ0n) is 17.9. The van der Waals surface area contributed by atoms with E-state index in [4.69, 9.17) is 4.74 Å². The van der Waals surface area contributed by atoms with Crippen LogP contribution in [0.15, 0.2) is 0 Å². The molecule has 1 saturated heterocycles. The largest absolute Gasteiger partial charge is 0.465 e. The van der Waals surface area contributed by atoms with E-state index in [-0.39, 0.29) is 12.5 Å². The van der Waals surface area contributed by atoms with Gasteiger partial charge in [0.2, 0.25) is 5.91 Å². The lowest BCUT2D eigenvalue weighted by molar-refractivity contribution is -0.134. The highest BCUT2D eigenvalue weighted by Crippen LogP contribution is 2.38. The zero-order valence-corrected chi connectivity index (χ0v) is 18.7. The molecule has 1 saturated carbocycles. The molecule has 1 spiro atoms. The third kappa shape index (κ3) is 4.20. The van der Waals surface area contributed by atoms with Crippen LogP contribution in [0.2, 0.25) is 0 Å². The van der Waals surface area contributed by atoms with Crippen LogP contribution in [-0.2, 0) is 27.2 Å². The van der Waals surface area contributed by atoms with E-state index in [9.17, 15) is 19.2 Å². The van der Waals surface area contributed by atoms with Gasteiger partial charge in [-0.15, -0.1) is 11.3 Å². The number of rotatable bonds is 4. The number of hydrogen-bond donors (Lipinski definition) is 2. The first-order valence-electron chi connectivity index (χ1n) is 11.1. The van der Waals surface area contributed by atoms with Crippen molar-refractivity contribution in [2.75, 3.05) is 19.0 Å². The van der Waals surface area contributed by atoms with Crippen molar-refractivity contribution in [2.45, 2.75) is 76.2 Å². The van der Waals surface area contributed by atoms with Gasteiger partial charge in [0.05, 0.1) is 12.7 Å². The Hall–Kier alpha value is -2.42. The standard InChI is InChI=1S/C22H29N3O5S/c1-30-19(27)17-14-9-5-4-6-10-15(14)31-18(17)23-16(26)13-25-20(28)22(24-21(25)29)11-7-2-3-8-12-22/h2-13H2,1H3,(H,23,26)(H,24,29). The number of amides is 4. The van der Waals surface area contributed by atoms with Crippen LogP contribution in [0.25, 0.3) is 0 Å². The number of hydrogen-bond acceptors (Lipinski definition) is 6. The summed E-state index contributed by atoms with van der Waals surface area (Å²) in [5.41, 5.74) is 0.498. The third-order valence-corrected chi connectivity index (χ3v) is 7.78. The molecule has 2 fully saturated rings. The Bertz CT molecular complexity index is 901. The molecule has 0 unspecified atom stereocenters. The lowest BCUT2D eigenvalue weighted by Gasteiger charge is -2.24. The molecule has 1 aromatic rings. The number of ether oxygens (including phenoxy) is 1. The monoisotopic (exact) mass is 447 g/mol. The summed E-state index contributed by atoms with van der Waals surface area (Å²) in [6.07, 6.45) is 9.88. The van der Waals surface area contributed by atoms with Gasteiger partial charge in [-0.25, -0.2) is 9.59 Å². The van der Waals surface area contributed by atoms with Crippen LogP contribution in [0.4, 0.5) is 9.80 Å². The van der Waals surface area contributed by atoms with E-state index in [2.05, 4.69) is 10.6 Å². The van der Waals surface area contributed by atoms with Crippen LogP contribution in [-0.4, -0.2) is 47.9 Å². The molecule has 0 aromatic carbocycles. The number of carbonyl (C=O) groups is 4. The Morgan fingerprint density at radius 3 is 2.45 bits per heavy atom. The fraction of sp³-hybridized carbons (Fsp3) is 0.636. The minimum Gasteiger partial charge on any atom is -0.465 e. The Balaban J connectivity index is 1.51. The summed E-state index contributed by atoms with van der Waals surface area (Å²) in [6, 6.07) is -0.516. The summed E-state index contributed by atoms with van der Waals surface area (Å²) in [7, 11) is 1.33. The number of carbonyl (C=O) groups excluding carboxylic acids is 4. The number of nitrogens with zero attached hydrogens (tertiary/aromatic N) is 1. The summed E-state index contributed by atoms with van der Waals surface area (Å²) in [4.78, 5) is 52.9. The summed E-state index contributed by atoms with van der Waals surface area (Å²) in [6.45, 7) is -0.365. The Kier molecular flexibility index (Phi) is 6.31. The van der Waals surface area contributed by atoms with Gasteiger partial charge in [0, 0.05) is 4.88 Å². The van der Waals surface area contributed by atoms with Crippen LogP contribution in [0.3, 0.4) is 0 Å². The van der Waals surface area contributed by atoms with Gasteiger partial charge in [0.1, 0.15) is 17.1 Å². The summed E-state index contributed by atoms with van der Waals surface area (Å²) in [5, 5.41) is 6.07. The number of imide groups is 1. The molecule has 0 bridgehead atoms. The highest BCUT2D eigenvalue weighted by Gasteiger charge is 2.51. The first kappa shape index (κ1) is 21.8. The molecule has 2 heterocycles. The van der Waals surface area contributed by atoms with Crippen molar-refractivity contribution in [2.24, 2.45) is 0 Å². The van der Waals surface area contributed by atoms with Gasteiger partial charge in [0.25, 0.3) is 5.91 Å². The maximum absolute atomic E-state index is 13.0. The molecule has 9 heteroatoms. The van der Waals surface area contributed by atoms with Crippen LogP contribution >= 0.6 is 11.3 Å². The van der Waals surface area contributed by atoms with E-state index in [1.54, 1.807) is 0 Å². The van der Waals surface area contributed by atoms with Crippen molar-refractivity contribution >= 4 is 40.2 Å². The van der Waals surface area contributed by atoms with Crippen molar-refractivity contribution in [1.29, 1.82) is 0 Å². The number of esters is 1. The molecule has 8 nitrogen and oxygen atoms in total. The minimum atomic E-state index is -0.870. The van der Waals surface area contributed by atoms with E-state index >= 15 is 0 Å². The van der Waals surface area contributed by atoms with Crippen LogP contribution in [0, 0.1) is 0 Å². The van der Waals surface area contributed by atoms with E-state index in [0.717, 1.165) is 73.1 Å². The van der Waals surface area contributed by atoms with Crippen molar-refractivity contribution in [3.05, 3.63) is 16.0 Å². The Morgan fingerprint density at radius 2 is 1.74 bits per heavy atom. The molecule has 168 valence electrons. The van der Waals surface area contributed by atoms with Gasteiger partial charge < -0.3 is 15.4 Å². The predicted molar refractivity (Wildman–Crippen MR) is 116 cm³/mol. The lowest BCUT2D eigenvalue weighted by atomic mass is 9.90. The Morgan fingerprint density at radius 1 is 1.06 bits per heavy atom. The second-order valence-corrected chi connectivity index (χ2v) is 9.73. The molecule has 31 heavy (non-hydrogen) atoms. The number of aryl methyl sites for hydroxylation is 1. The van der Waals surface area contributed by atoms with Gasteiger partial charge in [-0.05, 0) is 44.1 Å². The smallest absolute Gasteiger partial charge is 0.341 e. The quantitative estimate of drug-likeness (QED) is 0.418. The zero-order chi connectivity index (χ0) is 22.0. The lowest BCUT2D eigenvalue weighted by Crippen LogP contribution is -2.47. The summed E-state index contributed by atoms with van der Waals surface area (Å²) >= 11 is 1.39. The maximum atomic E-state index is 13.0. The first-order valence-corrected chi connectivity index (χ1v) is 11.9. The molecule has 1 aromatic heterocycles. The van der Waals surface area contributed by atoms with E-state index in [0.29, 0.717) is 23.4 Å². The average molecular weight is 448 g/mol. The number of methoxy groups -OCH3 is 1. The van der Waals surface area contributed by atoms with Crippen molar-refractivity contribution in [3.8, 4) is 0 Å². The summed E-state index contributed by atoms with van der Waals surface area (Å²) in [5.74, 6) is -1.28. The molecule has 4 rings (SSSR count). The fourth-order valence-electron chi connectivity index (χ4n) is 4.95. The number of anilines is 1. The number of thiophene rings is 1. The molecule has 2 aliphatic carbocycles. The van der Waals surface area contributed by atoms with E-state index < -0.39 is 23.4 Å². The highest BCUT2D eigenvalue weighted by atomic mass is 32.1. The van der Waals surface area contributed by atoms with Crippen LogP contribution in [0.1, 0.15) is 78.6 Å². The van der Waals surface area contributed by atoms with E-state index in [1.807, 2.05) is 0 Å². The summed E-state index contributed by atoms with van der Waals surface area (Å²) < 4.78 is 4.97. The molecule has 3 aliphatic rings. The normalized spacial score (nSPS) is 20.6. The molecule has 0 radical (unpaired) electrons. The second kappa shape index (κ2) is 8.98. The van der Waals surface area contributed by atoms with Crippen LogP contribution in [0.5, 0.6) is 0 Å². The Labute approximate surface area is 185 Å². The topological polar surface area (TPSA) is 105 Å². The SMILES string of the molecule is COC(=O)c1c(NC(=O)CN2C(=O)NC3(CCCCCC3)C2=O)sc2c1CCCCC2. The molecular formula is C22H29N3O5S. The fourth-order valence-corrected chi connectivity index (χ4v) is 6.24. The van der Waals surface area contributed by atoms with Gasteiger partial charge in [-0.1, -0.05) is 32.1 Å². The average Bonchev–Trinajstić information content (AvgIpc) is 2.99. The highest BCUT2D eigenvalue weighted by molar-refractivity contribution is 7.17. The predicted octanol–water partition coefficient (Wildman–Crippen LogP) is 3.39. The van der Waals surface area contributed by atoms with Crippen LogP contribution < -0.4 is 10.6 Å². The maximum Gasteiger partial charge on any atom is 0.341 e. The molecular weight excluding hydrogens is 418 g/mol. The van der Waals surface area contributed by atoms with Crippen molar-refractivity contribution in [1.82, 2.24) is 10.2 Å². The van der Waals surface area contributed by atoms with Crippen molar-refractivity contribution < 1.29 is 23.9 Å². The first-order chi connectivity index (χ1) is 14.9. The van der Waals surface area contributed by atoms with E-state index in [1.165, 1.54) is 18.4 Å². The van der Waals surface area contributed by atoms with Gasteiger partial charge in [-0.3, -0.25) is 14.5 Å². The molecule has 0 atom stereocenters. The van der Waals surface area contributed by atoms with Gasteiger partial charge >= 0.3 is 12.0 Å². The minimum absolute atomic E-state index is 0.315. The molecule has 1 aliphatic heterocycles. The second-order valence-electron chi connectivity index (χ2n) is 8.63. The number of urea groups is 1. The number of fused-ring (bicyclic) bond motifs is 1. The van der Waals surface area contributed by atoms with Crippen molar-refractivity contribution in [3.63, 3.8) is 0 Å². The third-order valence-electron chi connectivity index (χ3n) is 6.57. The molecule has 4 amide bonds. The van der Waals surface area contributed by atoms with Gasteiger partial charge in [-0.2, -0.15) is 0 Å². The number of nitrogens with one attached hydrogen (secondary N) is 2. The van der Waals surface area contributed by atoms with Gasteiger partial charge in [0.15, 0.2) is 0 Å². The molecule has 2 N–H and O–H groups in total.